The van der Waals surface area contributed by atoms with Gasteiger partial charge < -0.3 is 5.11 Å². The van der Waals surface area contributed by atoms with Crippen molar-refractivity contribution in [2.24, 2.45) is 0 Å². The molecule has 5 nitrogen and oxygen atoms in total. The van der Waals surface area contributed by atoms with Crippen molar-refractivity contribution in [3.8, 4) is 0 Å². The van der Waals surface area contributed by atoms with Gasteiger partial charge in [0.15, 0.2) is 5.76 Å². The van der Waals surface area contributed by atoms with Crippen LogP contribution in [-0.2, 0) is 4.79 Å². The number of thiophene rings is 1. The van der Waals surface area contributed by atoms with Gasteiger partial charge in [-0.3, -0.25) is 19.5 Å². The number of aryl methyl sites for hydroxylation is 2. The van der Waals surface area contributed by atoms with Crippen molar-refractivity contribution in [3.05, 3.63) is 93.1 Å². The van der Waals surface area contributed by atoms with Crippen molar-refractivity contribution >= 4 is 28.7 Å². The molecule has 0 radical (unpaired) electrons. The Bertz CT molecular complexity index is 1090. The van der Waals surface area contributed by atoms with E-state index in [1.165, 1.54) is 16.2 Å². The lowest BCUT2D eigenvalue weighted by molar-refractivity contribution is -0.117. The highest BCUT2D eigenvalue weighted by Gasteiger charge is 2.45. The smallest absolute Gasteiger partial charge is 0.294 e. The molecule has 3 heterocycles. The second-order valence-corrected chi connectivity index (χ2v) is 7.62. The molecule has 1 aliphatic heterocycles. The molecule has 28 heavy (non-hydrogen) atoms. The molecule has 0 bridgehead atoms. The standard InChI is InChI=1S/C22H18N2O3S/c1-13-8-9-15(12-14(13)2)24-19(16-6-3-4-10-23-16)18(21(26)22(24)27)20(25)17-7-5-11-28-17/h3-12,19,26H,1-2H3. The number of Topliss-reactive ketones (excluding diaryl/α,β-unsaturated/α-hetero) is 1. The van der Waals surface area contributed by atoms with Gasteiger partial charge in [0.25, 0.3) is 5.91 Å². The van der Waals surface area contributed by atoms with E-state index in [2.05, 4.69) is 4.98 Å². The van der Waals surface area contributed by atoms with Crippen LogP contribution in [0.1, 0.15) is 32.5 Å². The van der Waals surface area contributed by atoms with Gasteiger partial charge in [0.05, 0.1) is 16.1 Å². The van der Waals surface area contributed by atoms with E-state index in [1.807, 2.05) is 32.0 Å². The van der Waals surface area contributed by atoms with Gasteiger partial charge in [0, 0.05) is 11.9 Å². The maximum Gasteiger partial charge on any atom is 0.294 e. The molecule has 1 aromatic carbocycles. The first-order valence-electron chi connectivity index (χ1n) is 8.82. The summed E-state index contributed by atoms with van der Waals surface area (Å²) in [6.07, 6.45) is 1.61. The zero-order chi connectivity index (χ0) is 19.8. The Morgan fingerprint density at radius 2 is 1.93 bits per heavy atom. The van der Waals surface area contributed by atoms with Gasteiger partial charge in [-0.25, -0.2) is 0 Å². The minimum Gasteiger partial charge on any atom is -0.503 e. The first kappa shape index (κ1) is 18.1. The molecule has 0 spiro atoms. The van der Waals surface area contributed by atoms with Crippen LogP contribution in [0.3, 0.4) is 0 Å². The van der Waals surface area contributed by atoms with Crippen LogP contribution in [0.5, 0.6) is 0 Å². The largest absolute Gasteiger partial charge is 0.503 e. The van der Waals surface area contributed by atoms with Gasteiger partial charge in [-0.15, -0.1) is 11.3 Å². The summed E-state index contributed by atoms with van der Waals surface area (Å²) in [6, 6.07) is 13.6. The van der Waals surface area contributed by atoms with Gasteiger partial charge in [-0.1, -0.05) is 18.2 Å². The zero-order valence-corrected chi connectivity index (χ0v) is 16.2. The third-order valence-corrected chi connectivity index (χ3v) is 5.80. The summed E-state index contributed by atoms with van der Waals surface area (Å²) >= 11 is 1.27. The third kappa shape index (κ3) is 2.92. The Balaban J connectivity index is 1.89. The van der Waals surface area contributed by atoms with Crippen LogP contribution < -0.4 is 4.90 Å². The van der Waals surface area contributed by atoms with Gasteiger partial charge >= 0.3 is 0 Å². The minimum atomic E-state index is -0.787. The first-order chi connectivity index (χ1) is 13.5. The second kappa shape index (κ2) is 7.05. The molecule has 140 valence electrons. The lowest BCUT2D eigenvalue weighted by atomic mass is 9.98. The van der Waals surface area contributed by atoms with E-state index in [0.717, 1.165) is 11.1 Å². The molecule has 6 heteroatoms. The quantitative estimate of drug-likeness (QED) is 0.664. The molecule has 3 aromatic rings. The summed E-state index contributed by atoms with van der Waals surface area (Å²) in [6.45, 7) is 3.95. The van der Waals surface area contributed by atoms with Crippen molar-refractivity contribution in [2.45, 2.75) is 19.9 Å². The number of nitrogens with zero attached hydrogens (tertiary/aromatic N) is 2. The SMILES string of the molecule is Cc1ccc(N2C(=O)C(O)=C(C(=O)c3cccs3)C2c2ccccn2)cc1C. The number of carbonyl (C=O) groups excluding carboxylic acids is 2. The van der Waals surface area contributed by atoms with E-state index in [1.54, 1.807) is 41.9 Å². The fraction of sp³-hybridized carbons (Fsp3) is 0.136. The van der Waals surface area contributed by atoms with Crippen LogP contribution in [0.2, 0.25) is 0 Å². The average molecular weight is 390 g/mol. The number of pyridine rings is 1. The number of aliphatic hydroxyl groups excluding tert-OH is 1. The monoisotopic (exact) mass is 390 g/mol. The number of benzene rings is 1. The molecule has 0 saturated heterocycles. The van der Waals surface area contributed by atoms with E-state index >= 15 is 0 Å². The Morgan fingerprint density at radius 3 is 2.57 bits per heavy atom. The second-order valence-electron chi connectivity index (χ2n) is 6.67. The van der Waals surface area contributed by atoms with Crippen molar-refractivity contribution in [2.75, 3.05) is 4.90 Å². The van der Waals surface area contributed by atoms with Crippen molar-refractivity contribution in [1.29, 1.82) is 0 Å². The fourth-order valence-electron chi connectivity index (χ4n) is 3.34. The highest BCUT2D eigenvalue weighted by Crippen LogP contribution is 2.41. The van der Waals surface area contributed by atoms with Crippen LogP contribution in [0.15, 0.2) is 71.4 Å². The summed E-state index contributed by atoms with van der Waals surface area (Å²) in [5, 5.41) is 12.4. The molecule has 0 fully saturated rings. The first-order valence-corrected chi connectivity index (χ1v) is 9.70. The summed E-state index contributed by atoms with van der Waals surface area (Å²) < 4.78 is 0. The van der Waals surface area contributed by atoms with E-state index in [4.69, 9.17) is 0 Å². The molecule has 4 rings (SSSR count). The van der Waals surface area contributed by atoms with E-state index in [9.17, 15) is 14.7 Å². The third-order valence-electron chi connectivity index (χ3n) is 4.93. The topological polar surface area (TPSA) is 70.5 Å². The molecule has 1 N–H and O–H groups in total. The van der Waals surface area contributed by atoms with Gasteiger partial charge in [-0.2, -0.15) is 0 Å². The zero-order valence-electron chi connectivity index (χ0n) is 15.4. The maximum atomic E-state index is 13.1. The Kier molecular flexibility index (Phi) is 4.57. The van der Waals surface area contributed by atoms with Gasteiger partial charge in [0.2, 0.25) is 5.78 Å². The Hall–Kier alpha value is -3.25. The van der Waals surface area contributed by atoms with Crippen molar-refractivity contribution in [3.63, 3.8) is 0 Å². The van der Waals surface area contributed by atoms with E-state index in [-0.39, 0.29) is 11.4 Å². The van der Waals surface area contributed by atoms with Crippen LogP contribution in [0.4, 0.5) is 5.69 Å². The van der Waals surface area contributed by atoms with E-state index < -0.39 is 17.7 Å². The lowest BCUT2D eigenvalue weighted by Crippen LogP contribution is -2.31. The Labute approximate surface area is 166 Å². The summed E-state index contributed by atoms with van der Waals surface area (Å²) in [7, 11) is 0. The predicted molar refractivity (Wildman–Crippen MR) is 109 cm³/mol. The number of hydrogen-bond donors (Lipinski definition) is 1. The summed E-state index contributed by atoms with van der Waals surface area (Å²) in [5.41, 5.74) is 3.31. The molecular formula is C22H18N2O3S. The molecule has 0 saturated carbocycles. The molecular weight excluding hydrogens is 372 g/mol. The molecule has 1 unspecified atom stereocenters. The average Bonchev–Trinajstić information content (AvgIpc) is 3.32. The normalized spacial score (nSPS) is 16.7. The number of aliphatic hydroxyl groups is 1. The number of ketones is 1. The number of amides is 1. The molecule has 1 atom stereocenters. The van der Waals surface area contributed by atoms with Crippen LogP contribution >= 0.6 is 11.3 Å². The minimum absolute atomic E-state index is 0.0596. The summed E-state index contributed by atoms with van der Waals surface area (Å²) in [4.78, 5) is 32.4. The molecule has 1 aliphatic rings. The highest BCUT2D eigenvalue weighted by molar-refractivity contribution is 7.12. The maximum absolute atomic E-state index is 13.1. The molecule has 2 aromatic heterocycles. The number of hydrogen-bond acceptors (Lipinski definition) is 5. The van der Waals surface area contributed by atoms with Crippen LogP contribution in [0.25, 0.3) is 0 Å². The number of rotatable bonds is 4. The van der Waals surface area contributed by atoms with Crippen molar-refractivity contribution in [1.82, 2.24) is 4.98 Å². The Morgan fingerprint density at radius 1 is 1.11 bits per heavy atom. The number of aromatic nitrogens is 1. The molecule has 1 amide bonds. The number of carbonyl (C=O) groups is 2. The van der Waals surface area contributed by atoms with E-state index in [0.29, 0.717) is 16.3 Å². The number of anilines is 1. The highest BCUT2D eigenvalue weighted by atomic mass is 32.1. The molecule has 0 aliphatic carbocycles. The lowest BCUT2D eigenvalue weighted by Gasteiger charge is -2.26. The predicted octanol–water partition coefficient (Wildman–Crippen LogP) is 4.54. The van der Waals surface area contributed by atoms with Crippen LogP contribution in [0, 0.1) is 13.8 Å². The van der Waals surface area contributed by atoms with Gasteiger partial charge in [0.1, 0.15) is 6.04 Å². The van der Waals surface area contributed by atoms with Gasteiger partial charge in [-0.05, 0) is 60.7 Å². The summed E-state index contributed by atoms with van der Waals surface area (Å²) in [5.74, 6) is -1.48. The van der Waals surface area contributed by atoms with Crippen LogP contribution in [-0.4, -0.2) is 21.8 Å². The fourth-order valence-corrected chi connectivity index (χ4v) is 4.01. The van der Waals surface area contributed by atoms with Crippen molar-refractivity contribution < 1.29 is 14.7 Å².